The van der Waals surface area contributed by atoms with Crippen LogP contribution >= 0.6 is 0 Å². The van der Waals surface area contributed by atoms with E-state index in [0.717, 1.165) is 5.56 Å². The Morgan fingerprint density at radius 1 is 1.18 bits per heavy atom. The van der Waals surface area contributed by atoms with Crippen molar-refractivity contribution in [2.24, 2.45) is 5.92 Å². The molecule has 1 aliphatic heterocycles. The minimum absolute atomic E-state index is 0.0235. The number of aryl methyl sites for hydroxylation is 1. The number of aromatic nitrogens is 2. The largest absolute Gasteiger partial charge is 0.325 e. The lowest BCUT2D eigenvalue weighted by molar-refractivity contribution is 0.171. The summed E-state index contributed by atoms with van der Waals surface area (Å²) in [6, 6.07) is 8.53. The van der Waals surface area contributed by atoms with Crippen molar-refractivity contribution in [1.82, 2.24) is 15.1 Å². The molecule has 150 valence electrons. The van der Waals surface area contributed by atoms with Gasteiger partial charge >= 0.3 is 6.03 Å². The molecule has 1 fully saturated rings. The van der Waals surface area contributed by atoms with Gasteiger partial charge in [-0.15, -0.1) is 0 Å². The van der Waals surface area contributed by atoms with Gasteiger partial charge in [0, 0.05) is 13.1 Å². The number of hydrogen-bond donors (Lipinski definition) is 1. The van der Waals surface area contributed by atoms with Gasteiger partial charge in [0.1, 0.15) is 0 Å². The first kappa shape index (κ1) is 20.3. The van der Waals surface area contributed by atoms with Crippen LogP contribution in [0.2, 0.25) is 0 Å². The maximum absolute atomic E-state index is 13.3. The van der Waals surface area contributed by atoms with Crippen LogP contribution in [0.25, 0.3) is 0 Å². The van der Waals surface area contributed by atoms with Crippen LogP contribution < -0.4 is 5.32 Å². The highest BCUT2D eigenvalue weighted by Crippen LogP contribution is 2.38. The Morgan fingerprint density at radius 3 is 2.50 bits per heavy atom. The Kier molecular flexibility index (Phi) is 5.69. The van der Waals surface area contributed by atoms with Crippen LogP contribution in [-0.2, 0) is 9.84 Å². The van der Waals surface area contributed by atoms with Crippen molar-refractivity contribution in [3.8, 4) is 0 Å². The zero-order chi connectivity index (χ0) is 20.4. The van der Waals surface area contributed by atoms with E-state index < -0.39 is 14.6 Å². The molecular formula is C20H26N4O3S. The van der Waals surface area contributed by atoms with Gasteiger partial charge in [-0.3, -0.25) is 0 Å². The summed E-state index contributed by atoms with van der Waals surface area (Å²) in [7, 11) is -3.48. The molecule has 1 N–H and O–H groups in total. The highest BCUT2D eigenvalue weighted by Gasteiger charge is 2.44. The molecule has 0 saturated carbocycles. The maximum Gasteiger partial charge on any atom is 0.321 e. The summed E-state index contributed by atoms with van der Waals surface area (Å²) in [5.41, 5.74) is 1.51. The van der Waals surface area contributed by atoms with Gasteiger partial charge in [0.15, 0.2) is 9.84 Å². The van der Waals surface area contributed by atoms with Crippen molar-refractivity contribution >= 4 is 21.6 Å². The lowest BCUT2D eigenvalue weighted by atomic mass is 9.86. The van der Waals surface area contributed by atoms with Crippen LogP contribution in [0.4, 0.5) is 10.5 Å². The van der Waals surface area contributed by atoms with E-state index in [1.807, 2.05) is 13.0 Å². The summed E-state index contributed by atoms with van der Waals surface area (Å²) < 4.78 is 25.6. The summed E-state index contributed by atoms with van der Waals surface area (Å²) in [6.45, 7) is 6.52. The summed E-state index contributed by atoms with van der Waals surface area (Å²) in [5.74, 6) is -0.0235. The average molecular weight is 403 g/mol. The second kappa shape index (κ2) is 7.87. The van der Waals surface area contributed by atoms with Crippen molar-refractivity contribution in [1.29, 1.82) is 0 Å². The lowest BCUT2D eigenvalue weighted by Gasteiger charge is -2.40. The Labute approximate surface area is 166 Å². The monoisotopic (exact) mass is 402 g/mol. The van der Waals surface area contributed by atoms with Gasteiger partial charge in [0.05, 0.1) is 27.7 Å². The van der Waals surface area contributed by atoms with Crippen LogP contribution in [0.5, 0.6) is 0 Å². The summed E-state index contributed by atoms with van der Waals surface area (Å²) in [4.78, 5) is 14.5. The Balaban J connectivity index is 1.67. The molecule has 1 saturated heterocycles. The zero-order valence-electron chi connectivity index (χ0n) is 16.4. The third-order valence-corrected chi connectivity index (χ3v) is 8.19. The predicted octanol–water partition coefficient (Wildman–Crippen LogP) is 3.28. The summed E-state index contributed by atoms with van der Waals surface area (Å²) in [6.07, 6.45) is 4.28. The van der Waals surface area contributed by atoms with Crippen LogP contribution in [0.1, 0.15) is 32.3 Å². The molecule has 2 amide bonds. The first-order valence-corrected chi connectivity index (χ1v) is 10.8. The average Bonchev–Trinajstić information content (AvgIpc) is 2.68. The molecule has 1 aliphatic rings. The van der Waals surface area contributed by atoms with Crippen molar-refractivity contribution in [3.63, 3.8) is 0 Å². The van der Waals surface area contributed by atoms with Crippen LogP contribution in [-0.4, -0.2) is 47.4 Å². The molecule has 2 heterocycles. The SMILES string of the molecule is Cc1cccc(S(=O)(=O)C(C)(C)C2CCN(C(=O)Nc3ccnnc3)CC2)c1. The number of benzene rings is 1. The number of likely N-dealkylation sites (tertiary alicyclic amines) is 1. The first-order chi connectivity index (χ1) is 13.2. The standard InChI is InChI=1S/C20H26N4O3S/c1-15-5-4-6-18(13-15)28(26,27)20(2,3)16-8-11-24(12-9-16)19(25)23-17-7-10-21-22-14-17/h4-7,10,13-14,16H,8-9,11-12H2,1-3H3,(H,21,23,25). The van der Waals surface area contributed by atoms with Gasteiger partial charge in [-0.25, -0.2) is 13.2 Å². The smallest absolute Gasteiger partial charge is 0.321 e. The predicted molar refractivity (Wildman–Crippen MR) is 108 cm³/mol. The Hall–Kier alpha value is -2.48. The molecule has 7 nitrogen and oxygen atoms in total. The molecular weight excluding hydrogens is 376 g/mol. The van der Waals surface area contributed by atoms with Crippen LogP contribution in [0.3, 0.4) is 0 Å². The number of piperidine rings is 1. The van der Waals surface area contributed by atoms with E-state index in [-0.39, 0.29) is 11.9 Å². The number of rotatable bonds is 4. The fourth-order valence-corrected chi connectivity index (χ4v) is 5.53. The topological polar surface area (TPSA) is 92.3 Å². The molecule has 1 aromatic carbocycles. The zero-order valence-corrected chi connectivity index (χ0v) is 17.2. The molecule has 28 heavy (non-hydrogen) atoms. The minimum atomic E-state index is -3.48. The third kappa shape index (κ3) is 4.01. The number of hydrogen-bond acceptors (Lipinski definition) is 5. The molecule has 0 atom stereocenters. The van der Waals surface area contributed by atoms with Crippen LogP contribution in [0, 0.1) is 12.8 Å². The molecule has 0 aliphatic carbocycles. The molecule has 0 spiro atoms. The van der Waals surface area contributed by atoms with Gasteiger partial charge in [-0.1, -0.05) is 12.1 Å². The number of nitrogens with one attached hydrogen (secondary N) is 1. The van der Waals surface area contributed by atoms with E-state index in [1.54, 1.807) is 43.0 Å². The lowest BCUT2D eigenvalue weighted by Crippen LogP contribution is -2.48. The first-order valence-electron chi connectivity index (χ1n) is 9.36. The summed E-state index contributed by atoms with van der Waals surface area (Å²) in [5, 5.41) is 10.2. The number of anilines is 1. The van der Waals surface area contributed by atoms with Gasteiger partial charge in [0.25, 0.3) is 0 Å². The van der Waals surface area contributed by atoms with E-state index in [1.165, 1.54) is 12.4 Å². The second-order valence-corrected chi connectivity index (χ2v) is 10.3. The molecule has 1 aromatic heterocycles. The van der Waals surface area contributed by atoms with Gasteiger partial charge in [0.2, 0.25) is 0 Å². The molecule has 0 radical (unpaired) electrons. The van der Waals surface area contributed by atoms with Crippen molar-refractivity contribution < 1.29 is 13.2 Å². The van der Waals surface area contributed by atoms with E-state index in [2.05, 4.69) is 15.5 Å². The van der Waals surface area contributed by atoms with Crippen molar-refractivity contribution in [2.75, 3.05) is 18.4 Å². The van der Waals surface area contributed by atoms with Gasteiger partial charge < -0.3 is 10.2 Å². The fourth-order valence-electron chi connectivity index (χ4n) is 3.65. The number of nitrogens with zero attached hydrogens (tertiary/aromatic N) is 3. The van der Waals surface area contributed by atoms with E-state index in [0.29, 0.717) is 36.5 Å². The summed E-state index contributed by atoms with van der Waals surface area (Å²) >= 11 is 0. The van der Waals surface area contributed by atoms with Crippen molar-refractivity contribution in [3.05, 3.63) is 48.3 Å². The molecule has 0 unspecified atom stereocenters. The Morgan fingerprint density at radius 2 is 1.89 bits per heavy atom. The maximum atomic E-state index is 13.3. The molecule has 2 aromatic rings. The molecule has 8 heteroatoms. The van der Waals surface area contributed by atoms with E-state index in [9.17, 15) is 13.2 Å². The number of amides is 2. The number of sulfone groups is 1. The second-order valence-electron chi connectivity index (χ2n) is 7.75. The highest BCUT2D eigenvalue weighted by molar-refractivity contribution is 7.92. The van der Waals surface area contributed by atoms with Gasteiger partial charge in [-0.2, -0.15) is 10.2 Å². The normalized spacial score (nSPS) is 16.0. The minimum Gasteiger partial charge on any atom is -0.325 e. The van der Waals surface area contributed by atoms with Gasteiger partial charge in [-0.05, 0) is 63.3 Å². The highest BCUT2D eigenvalue weighted by atomic mass is 32.2. The quantitative estimate of drug-likeness (QED) is 0.847. The van der Waals surface area contributed by atoms with E-state index in [4.69, 9.17) is 0 Å². The third-order valence-electron chi connectivity index (χ3n) is 5.59. The fraction of sp³-hybridized carbons (Fsp3) is 0.450. The van der Waals surface area contributed by atoms with E-state index >= 15 is 0 Å². The van der Waals surface area contributed by atoms with Crippen molar-refractivity contribution in [2.45, 2.75) is 43.3 Å². The number of urea groups is 1. The molecule has 0 bridgehead atoms. The van der Waals surface area contributed by atoms with Crippen LogP contribution in [0.15, 0.2) is 47.6 Å². The molecule has 3 rings (SSSR count). The Bertz CT molecular complexity index is 937. The number of carbonyl (C=O) groups excluding carboxylic acids is 1. The number of carbonyl (C=O) groups is 1.